The van der Waals surface area contributed by atoms with Crippen LogP contribution in [-0.2, 0) is 11.3 Å². The van der Waals surface area contributed by atoms with E-state index in [0.717, 1.165) is 64.7 Å². The van der Waals surface area contributed by atoms with Crippen LogP contribution < -0.4 is 4.90 Å². The summed E-state index contributed by atoms with van der Waals surface area (Å²) in [6.45, 7) is 10.8. The molecule has 2 aliphatic heterocycles. The number of amides is 1. The number of carbonyl (C=O) groups is 1. The fourth-order valence-electron chi connectivity index (χ4n) is 4.06. The summed E-state index contributed by atoms with van der Waals surface area (Å²) < 4.78 is 5.43. The van der Waals surface area contributed by atoms with Crippen molar-refractivity contribution in [2.24, 2.45) is 0 Å². The zero-order chi connectivity index (χ0) is 19.3. The highest BCUT2D eigenvalue weighted by molar-refractivity contribution is 5.78. The minimum absolute atomic E-state index is 0.267. The van der Waals surface area contributed by atoms with Crippen LogP contribution in [0.2, 0.25) is 0 Å². The number of hydrogen-bond donors (Lipinski definition) is 0. The Morgan fingerprint density at radius 2 is 1.68 bits per heavy atom. The van der Waals surface area contributed by atoms with E-state index in [4.69, 9.17) is 4.42 Å². The van der Waals surface area contributed by atoms with Crippen molar-refractivity contribution in [1.29, 1.82) is 0 Å². The van der Waals surface area contributed by atoms with Crippen LogP contribution in [0.25, 0.3) is 0 Å². The molecule has 0 atom stereocenters. The second kappa shape index (κ2) is 8.80. The summed E-state index contributed by atoms with van der Waals surface area (Å²) in [5.74, 6) is 1.28. The van der Waals surface area contributed by atoms with Crippen LogP contribution in [-0.4, -0.2) is 79.5 Å². The van der Waals surface area contributed by atoms with Gasteiger partial charge in [0.15, 0.2) is 0 Å². The molecule has 3 heterocycles. The van der Waals surface area contributed by atoms with Crippen molar-refractivity contribution in [2.45, 2.75) is 13.5 Å². The number of nitrogens with zero attached hydrogens (tertiary/aromatic N) is 4. The number of benzene rings is 1. The van der Waals surface area contributed by atoms with Gasteiger partial charge in [0, 0.05) is 58.0 Å². The van der Waals surface area contributed by atoms with Crippen LogP contribution in [0.5, 0.6) is 0 Å². The summed E-state index contributed by atoms with van der Waals surface area (Å²) in [5, 5.41) is 0. The average molecular weight is 383 g/mol. The van der Waals surface area contributed by atoms with Gasteiger partial charge in [-0.05, 0) is 36.8 Å². The molecule has 1 aromatic heterocycles. The lowest BCUT2D eigenvalue weighted by Crippen LogP contribution is -2.53. The Hall–Kier alpha value is -2.31. The molecular formula is C22H30N4O2. The van der Waals surface area contributed by atoms with E-state index in [-0.39, 0.29) is 5.91 Å². The minimum Gasteiger partial charge on any atom is -0.468 e. The van der Waals surface area contributed by atoms with Crippen molar-refractivity contribution in [3.8, 4) is 0 Å². The summed E-state index contributed by atoms with van der Waals surface area (Å²) in [7, 11) is 0. The van der Waals surface area contributed by atoms with E-state index in [1.165, 1.54) is 11.3 Å². The lowest BCUT2D eigenvalue weighted by atomic mass is 10.2. The first-order valence-corrected chi connectivity index (χ1v) is 10.2. The maximum atomic E-state index is 12.7. The molecule has 28 heavy (non-hydrogen) atoms. The highest BCUT2D eigenvalue weighted by atomic mass is 16.3. The van der Waals surface area contributed by atoms with Gasteiger partial charge in [-0.1, -0.05) is 12.1 Å². The first-order chi connectivity index (χ1) is 13.7. The molecule has 2 aliphatic rings. The molecule has 150 valence electrons. The third kappa shape index (κ3) is 4.75. The predicted molar refractivity (Wildman–Crippen MR) is 110 cm³/mol. The van der Waals surface area contributed by atoms with Gasteiger partial charge in [0.1, 0.15) is 5.76 Å². The topological polar surface area (TPSA) is 43.2 Å². The van der Waals surface area contributed by atoms with E-state index < -0.39 is 0 Å². The van der Waals surface area contributed by atoms with E-state index >= 15 is 0 Å². The molecule has 1 aromatic carbocycles. The molecule has 4 rings (SSSR count). The van der Waals surface area contributed by atoms with Crippen LogP contribution in [0, 0.1) is 6.92 Å². The fourth-order valence-corrected chi connectivity index (χ4v) is 4.06. The van der Waals surface area contributed by atoms with Crippen LogP contribution in [0.15, 0.2) is 47.1 Å². The third-order valence-corrected chi connectivity index (χ3v) is 5.78. The minimum atomic E-state index is 0.267. The van der Waals surface area contributed by atoms with Gasteiger partial charge in [-0.2, -0.15) is 0 Å². The Morgan fingerprint density at radius 1 is 0.929 bits per heavy atom. The van der Waals surface area contributed by atoms with E-state index in [9.17, 15) is 4.79 Å². The number of piperazine rings is 2. The van der Waals surface area contributed by atoms with Gasteiger partial charge in [0.05, 0.1) is 19.4 Å². The van der Waals surface area contributed by atoms with Crippen molar-refractivity contribution in [2.75, 3.05) is 63.8 Å². The summed E-state index contributed by atoms with van der Waals surface area (Å²) in [6, 6.07) is 12.6. The van der Waals surface area contributed by atoms with E-state index in [0.29, 0.717) is 6.54 Å². The first-order valence-electron chi connectivity index (χ1n) is 10.2. The number of anilines is 1. The van der Waals surface area contributed by atoms with Crippen molar-refractivity contribution in [3.05, 3.63) is 54.0 Å². The van der Waals surface area contributed by atoms with Gasteiger partial charge < -0.3 is 14.2 Å². The maximum absolute atomic E-state index is 12.7. The summed E-state index contributed by atoms with van der Waals surface area (Å²) in [5.41, 5.74) is 2.54. The molecular weight excluding hydrogens is 352 g/mol. The lowest BCUT2D eigenvalue weighted by molar-refractivity contribution is -0.133. The largest absolute Gasteiger partial charge is 0.468 e. The van der Waals surface area contributed by atoms with E-state index in [2.05, 4.69) is 45.9 Å². The Bertz CT molecular complexity index is 761. The molecule has 0 aliphatic carbocycles. The molecule has 0 spiro atoms. The molecule has 1 amide bonds. The zero-order valence-electron chi connectivity index (χ0n) is 16.7. The molecule has 2 aromatic rings. The Labute approximate surface area is 167 Å². The van der Waals surface area contributed by atoms with Crippen LogP contribution in [0.3, 0.4) is 0 Å². The summed E-state index contributed by atoms with van der Waals surface area (Å²) >= 11 is 0. The highest BCUT2D eigenvalue weighted by Crippen LogP contribution is 2.18. The Morgan fingerprint density at radius 3 is 2.36 bits per heavy atom. The summed E-state index contributed by atoms with van der Waals surface area (Å²) in [6.07, 6.45) is 1.73. The second-order valence-corrected chi connectivity index (χ2v) is 7.84. The second-order valence-electron chi connectivity index (χ2n) is 7.84. The molecule has 0 bridgehead atoms. The predicted octanol–water partition coefficient (Wildman–Crippen LogP) is 2.05. The van der Waals surface area contributed by atoms with Crippen LogP contribution in [0.1, 0.15) is 11.3 Å². The molecule has 2 saturated heterocycles. The number of carbonyl (C=O) groups excluding carboxylic acids is 1. The maximum Gasteiger partial charge on any atom is 0.236 e. The number of furan rings is 1. The first kappa shape index (κ1) is 19.0. The SMILES string of the molecule is Cc1cccc(N2CCN(C(=O)CN3CCN(Cc4ccco4)CC3)CC2)c1. The molecule has 2 fully saturated rings. The van der Waals surface area contributed by atoms with E-state index in [1.807, 2.05) is 17.0 Å². The smallest absolute Gasteiger partial charge is 0.236 e. The van der Waals surface area contributed by atoms with Crippen molar-refractivity contribution < 1.29 is 9.21 Å². The molecule has 0 radical (unpaired) electrons. The molecule has 6 nitrogen and oxygen atoms in total. The highest BCUT2D eigenvalue weighted by Gasteiger charge is 2.25. The third-order valence-electron chi connectivity index (χ3n) is 5.78. The standard InChI is InChI=1S/C22H30N4O2/c1-19-4-2-5-20(16-19)25-11-13-26(14-12-25)22(27)18-24-9-7-23(8-10-24)17-21-6-3-15-28-21/h2-6,15-16H,7-14,17-18H2,1H3. The Kier molecular flexibility index (Phi) is 5.98. The van der Waals surface area contributed by atoms with Crippen LogP contribution in [0.4, 0.5) is 5.69 Å². The normalized spacial score (nSPS) is 19.2. The number of rotatable bonds is 5. The van der Waals surface area contributed by atoms with Gasteiger partial charge in [-0.15, -0.1) is 0 Å². The monoisotopic (exact) mass is 382 g/mol. The van der Waals surface area contributed by atoms with E-state index in [1.54, 1.807) is 6.26 Å². The fraction of sp³-hybridized carbons (Fsp3) is 0.500. The molecule has 6 heteroatoms. The Balaban J connectivity index is 1.20. The van der Waals surface area contributed by atoms with Gasteiger partial charge in [-0.3, -0.25) is 14.6 Å². The molecule has 0 unspecified atom stereocenters. The lowest BCUT2D eigenvalue weighted by Gasteiger charge is -2.38. The quantitative estimate of drug-likeness (QED) is 0.792. The van der Waals surface area contributed by atoms with Crippen molar-refractivity contribution >= 4 is 11.6 Å². The number of hydrogen-bond acceptors (Lipinski definition) is 5. The molecule has 0 N–H and O–H groups in total. The van der Waals surface area contributed by atoms with Gasteiger partial charge in [0.2, 0.25) is 5.91 Å². The zero-order valence-corrected chi connectivity index (χ0v) is 16.7. The van der Waals surface area contributed by atoms with Crippen LogP contribution >= 0.6 is 0 Å². The van der Waals surface area contributed by atoms with Gasteiger partial charge in [0.25, 0.3) is 0 Å². The van der Waals surface area contributed by atoms with Gasteiger partial charge >= 0.3 is 0 Å². The molecule has 0 saturated carbocycles. The van der Waals surface area contributed by atoms with Crippen molar-refractivity contribution in [3.63, 3.8) is 0 Å². The summed E-state index contributed by atoms with van der Waals surface area (Å²) in [4.78, 5) is 21.8. The van der Waals surface area contributed by atoms with Gasteiger partial charge in [-0.25, -0.2) is 0 Å². The van der Waals surface area contributed by atoms with Crippen molar-refractivity contribution in [1.82, 2.24) is 14.7 Å². The number of aryl methyl sites for hydroxylation is 1. The average Bonchev–Trinajstić information content (AvgIpc) is 3.23.